The number of hydrogen-bond acceptors (Lipinski definition) is 6. The van der Waals surface area contributed by atoms with Gasteiger partial charge in [-0.2, -0.15) is 0 Å². The molecular weight excluding hydrogens is 394 g/mol. The van der Waals surface area contributed by atoms with Crippen LogP contribution in [0.25, 0.3) is 0 Å². The number of carbonyl (C=O) groups excluding carboxylic acids is 1. The highest BCUT2D eigenvalue weighted by atomic mass is 32.2. The highest BCUT2D eigenvalue weighted by Gasteiger charge is 2.31. The third-order valence-electron chi connectivity index (χ3n) is 5.34. The number of benzene rings is 1. The van der Waals surface area contributed by atoms with Gasteiger partial charge < -0.3 is 14.8 Å². The molecule has 160 valence electrons. The number of nitrogens with one attached hydrogen (secondary N) is 2. The molecule has 1 aromatic rings. The van der Waals surface area contributed by atoms with E-state index in [9.17, 15) is 13.2 Å². The third kappa shape index (κ3) is 5.86. The summed E-state index contributed by atoms with van der Waals surface area (Å²) in [5, 5.41) is 3.01. The largest absolute Gasteiger partial charge is 0.381 e. The Bertz CT molecular complexity index is 785. The first kappa shape index (κ1) is 21.9. The average molecular weight is 424 g/mol. The van der Waals surface area contributed by atoms with E-state index in [2.05, 4.69) is 21.5 Å². The Hall–Kier alpha value is -1.78. The summed E-state index contributed by atoms with van der Waals surface area (Å²) in [4.78, 5) is 15.1. The van der Waals surface area contributed by atoms with Crippen molar-refractivity contribution in [3.63, 3.8) is 0 Å². The Morgan fingerprint density at radius 3 is 2.55 bits per heavy atom. The minimum atomic E-state index is -3.60. The molecule has 1 aromatic carbocycles. The van der Waals surface area contributed by atoms with Gasteiger partial charge in [0.1, 0.15) is 0 Å². The van der Waals surface area contributed by atoms with Crippen LogP contribution in [0.1, 0.15) is 16.8 Å². The van der Waals surface area contributed by atoms with Crippen LogP contribution in [0.2, 0.25) is 0 Å². The second kappa shape index (κ2) is 10.3. The monoisotopic (exact) mass is 423 g/mol. The summed E-state index contributed by atoms with van der Waals surface area (Å²) in [5.41, 5.74) is 0.427. The van der Waals surface area contributed by atoms with Gasteiger partial charge in [-0.15, -0.1) is 6.58 Å². The quantitative estimate of drug-likeness (QED) is 0.565. The molecule has 0 spiro atoms. The van der Waals surface area contributed by atoms with Crippen LogP contribution in [0.15, 0.2) is 41.8 Å². The van der Waals surface area contributed by atoms with Gasteiger partial charge >= 0.3 is 0 Å². The van der Waals surface area contributed by atoms with Crippen molar-refractivity contribution in [2.24, 2.45) is 5.92 Å². The Kier molecular flexibility index (Phi) is 7.79. The number of sulfonamides is 1. The van der Waals surface area contributed by atoms with Crippen LogP contribution in [0, 0.1) is 5.92 Å². The number of rotatable bonds is 9. The number of carbonyl (C=O) groups is 1. The zero-order valence-corrected chi connectivity index (χ0v) is 17.3. The molecule has 0 saturated carbocycles. The van der Waals surface area contributed by atoms with Crippen LogP contribution >= 0.6 is 0 Å². The SMILES string of the molecule is C=CCNS(=O)(=O)c1ccc(C(=O)NCC(C2CCOC2)N2CCOCC2)cc1. The van der Waals surface area contributed by atoms with Gasteiger partial charge in [0.2, 0.25) is 10.0 Å². The topological polar surface area (TPSA) is 97.0 Å². The molecule has 2 N–H and O–H groups in total. The van der Waals surface area contributed by atoms with E-state index < -0.39 is 10.0 Å². The number of amides is 1. The molecule has 29 heavy (non-hydrogen) atoms. The van der Waals surface area contributed by atoms with E-state index in [-0.39, 0.29) is 23.4 Å². The van der Waals surface area contributed by atoms with E-state index in [0.29, 0.717) is 37.8 Å². The minimum absolute atomic E-state index is 0.116. The lowest BCUT2D eigenvalue weighted by atomic mass is 9.96. The van der Waals surface area contributed by atoms with Crippen LogP contribution in [0.3, 0.4) is 0 Å². The Labute approximate surface area is 172 Å². The molecule has 9 heteroatoms. The molecule has 1 amide bonds. The van der Waals surface area contributed by atoms with Gasteiger partial charge in [0.05, 0.1) is 24.7 Å². The predicted octanol–water partition coefficient (Wildman–Crippen LogP) is 0.618. The summed E-state index contributed by atoms with van der Waals surface area (Å²) < 4.78 is 37.7. The molecule has 3 rings (SSSR count). The van der Waals surface area contributed by atoms with Gasteiger partial charge in [-0.3, -0.25) is 9.69 Å². The van der Waals surface area contributed by atoms with E-state index in [0.717, 1.165) is 26.1 Å². The molecular formula is C20H29N3O5S. The first-order chi connectivity index (χ1) is 14.0. The van der Waals surface area contributed by atoms with Crippen molar-refractivity contribution in [2.45, 2.75) is 17.4 Å². The number of morpholine rings is 1. The van der Waals surface area contributed by atoms with Gasteiger partial charge in [0.25, 0.3) is 5.91 Å². The lowest BCUT2D eigenvalue weighted by Gasteiger charge is -2.37. The smallest absolute Gasteiger partial charge is 0.251 e. The fourth-order valence-corrected chi connectivity index (χ4v) is 4.69. The van der Waals surface area contributed by atoms with Crippen LogP contribution in [-0.2, 0) is 19.5 Å². The molecule has 0 aliphatic carbocycles. The second-order valence-electron chi connectivity index (χ2n) is 7.21. The fourth-order valence-electron chi connectivity index (χ4n) is 3.70. The van der Waals surface area contributed by atoms with Crippen molar-refractivity contribution < 1.29 is 22.7 Å². The number of nitrogens with zero attached hydrogens (tertiary/aromatic N) is 1. The zero-order valence-electron chi connectivity index (χ0n) is 16.5. The number of ether oxygens (including phenoxy) is 2. The van der Waals surface area contributed by atoms with Crippen molar-refractivity contribution in [3.05, 3.63) is 42.5 Å². The normalized spacial score (nSPS) is 21.6. The Morgan fingerprint density at radius 2 is 1.93 bits per heavy atom. The predicted molar refractivity (Wildman–Crippen MR) is 109 cm³/mol. The molecule has 2 atom stereocenters. The lowest BCUT2D eigenvalue weighted by molar-refractivity contribution is 0.00166. The van der Waals surface area contributed by atoms with Crippen LogP contribution in [0.4, 0.5) is 0 Å². The van der Waals surface area contributed by atoms with E-state index in [1.807, 2.05) is 0 Å². The summed E-state index contributed by atoms with van der Waals surface area (Å²) in [6, 6.07) is 6.13. The van der Waals surface area contributed by atoms with Gasteiger partial charge in [-0.1, -0.05) is 6.08 Å². The third-order valence-corrected chi connectivity index (χ3v) is 6.78. The summed E-state index contributed by atoms with van der Waals surface area (Å²) in [7, 11) is -3.60. The Morgan fingerprint density at radius 1 is 1.21 bits per heavy atom. The highest BCUT2D eigenvalue weighted by molar-refractivity contribution is 7.89. The summed E-state index contributed by atoms with van der Waals surface area (Å²) in [6.45, 7) is 8.74. The molecule has 2 aliphatic heterocycles. The molecule has 2 fully saturated rings. The summed E-state index contributed by atoms with van der Waals surface area (Å²) >= 11 is 0. The summed E-state index contributed by atoms with van der Waals surface area (Å²) in [6.07, 6.45) is 2.46. The van der Waals surface area contributed by atoms with Crippen molar-refractivity contribution in [1.29, 1.82) is 0 Å². The Balaban J connectivity index is 1.61. The van der Waals surface area contributed by atoms with Gasteiger partial charge in [-0.05, 0) is 30.7 Å². The number of hydrogen-bond donors (Lipinski definition) is 2. The molecule has 8 nitrogen and oxygen atoms in total. The van der Waals surface area contributed by atoms with Crippen LogP contribution in [0.5, 0.6) is 0 Å². The first-order valence-electron chi connectivity index (χ1n) is 9.89. The molecule has 2 aliphatic rings. The average Bonchev–Trinajstić information content (AvgIpc) is 3.28. The van der Waals surface area contributed by atoms with Gasteiger partial charge in [-0.25, -0.2) is 13.1 Å². The minimum Gasteiger partial charge on any atom is -0.381 e. The maximum atomic E-state index is 12.6. The second-order valence-corrected chi connectivity index (χ2v) is 8.98. The van der Waals surface area contributed by atoms with Crippen LogP contribution < -0.4 is 10.0 Å². The molecule has 2 heterocycles. The molecule has 2 saturated heterocycles. The van der Waals surface area contributed by atoms with E-state index in [4.69, 9.17) is 9.47 Å². The van der Waals surface area contributed by atoms with Crippen molar-refractivity contribution in [3.8, 4) is 0 Å². The maximum absolute atomic E-state index is 12.6. The van der Waals surface area contributed by atoms with E-state index in [1.165, 1.54) is 30.3 Å². The molecule has 0 radical (unpaired) electrons. The zero-order chi connectivity index (χ0) is 20.7. The van der Waals surface area contributed by atoms with E-state index >= 15 is 0 Å². The first-order valence-corrected chi connectivity index (χ1v) is 11.4. The molecule has 2 unspecified atom stereocenters. The van der Waals surface area contributed by atoms with Crippen molar-refractivity contribution in [2.75, 3.05) is 52.6 Å². The van der Waals surface area contributed by atoms with Crippen molar-refractivity contribution >= 4 is 15.9 Å². The molecule has 0 bridgehead atoms. The van der Waals surface area contributed by atoms with Crippen molar-refractivity contribution in [1.82, 2.24) is 14.9 Å². The van der Waals surface area contributed by atoms with Crippen LogP contribution in [-0.4, -0.2) is 77.9 Å². The van der Waals surface area contributed by atoms with E-state index in [1.54, 1.807) is 0 Å². The maximum Gasteiger partial charge on any atom is 0.251 e. The summed E-state index contributed by atoms with van der Waals surface area (Å²) in [5.74, 6) is 0.169. The van der Waals surface area contributed by atoms with Gasteiger partial charge in [0.15, 0.2) is 0 Å². The highest BCUT2D eigenvalue weighted by Crippen LogP contribution is 2.22. The van der Waals surface area contributed by atoms with Gasteiger partial charge in [0, 0.05) is 50.3 Å². The lowest BCUT2D eigenvalue weighted by Crippen LogP contribution is -2.52. The molecule has 0 aromatic heterocycles. The standard InChI is InChI=1S/C20H29N3O5S/c1-2-8-22-29(25,26)18-5-3-16(4-6-18)20(24)21-14-19(17-7-11-28-15-17)23-9-12-27-13-10-23/h2-6,17,19,22H,1,7-15H2,(H,21,24). The fraction of sp³-hybridized carbons (Fsp3) is 0.550.